The number of likely N-dealkylation sites (N-methyl/N-ethyl adjacent to an activating group) is 1. The van der Waals surface area contributed by atoms with Gasteiger partial charge in [-0.1, -0.05) is 23.7 Å². The lowest BCUT2D eigenvalue weighted by molar-refractivity contribution is -0.130. The Hall–Kier alpha value is -2.27. The van der Waals surface area contributed by atoms with E-state index in [0.717, 1.165) is 11.1 Å². The maximum Gasteiger partial charge on any atom is 0.244 e. The van der Waals surface area contributed by atoms with Crippen LogP contribution < -0.4 is 10.1 Å². The molecule has 134 valence electrons. The number of nitrogens with one attached hydrogen (secondary N) is 1. The molecular weight excluding hydrogens is 343 g/mol. The van der Waals surface area contributed by atoms with E-state index in [2.05, 4.69) is 5.32 Å². The standard InChI is InChI=1S/C19H22ClFN2O2/c1-12-8-17(18(25-4)10-16(12)20)22-13(2)19(24)23(3)11-14-6-5-7-15(21)9-14/h5-10,13,22H,11H2,1-4H3. The van der Waals surface area contributed by atoms with Gasteiger partial charge in [-0.05, 0) is 43.2 Å². The number of amides is 1. The quantitative estimate of drug-likeness (QED) is 0.832. The first-order valence-electron chi connectivity index (χ1n) is 7.92. The monoisotopic (exact) mass is 364 g/mol. The summed E-state index contributed by atoms with van der Waals surface area (Å²) in [5, 5.41) is 3.76. The number of carbonyl (C=O) groups excluding carboxylic acids is 1. The van der Waals surface area contributed by atoms with E-state index >= 15 is 0 Å². The molecule has 1 unspecified atom stereocenters. The summed E-state index contributed by atoms with van der Waals surface area (Å²) in [5.41, 5.74) is 2.32. The number of aryl methyl sites for hydroxylation is 1. The number of nitrogens with zero attached hydrogens (tertiary/aromatic N) is 1. The van der Waals surface area contributed by atoms with Crippen molar-refractivity contribution in [3.8, 4) is 5.75 Å². The van der Waals surface area contributed by atoms with Gasteiger partial charge in [-0.25, -0.2) is 4.39 Å². The summed E-state index contributed by atoms with van der Waals surface area (Å²) in [4.78, 5) is 14.1. The summed E-state index contributed by atoms with van der Waals surface area (Å²) in [7, 11) is 3.24. The number of ether oxygens (including phenoxy) is 1. The van der Waals surface area contributed by atoms with Crippen LogP contribution in [0.25, 0.3) is 0 Å². The van der Waals surface area contributed by atoms with Gasteiger partial charge in [0, 0.05) is 24.7 Å². The molecule has 1 N–H and O–H groups in total. The summed E-state index contributed by atoms with van der Waals surface area (Å²) in [6.07, 6.45) is 0. The third-order valence-corrected chi connectivity index (χ3v) is 4.32. The molecule has 4 nitrogen and oxygen atoms in total. The van der Waals surface area contributed by atoms with E-state index < -0.39 is 6.04 Å². The molecule has 2 rings (SSSR count). The maximum absolute atomic E-state index is 13.3. The number of rotatable bonds is 6. The van der Waals surface area contributed by atoms with Crippen LogP contribution in [0.1, 0.15) is 18.1 Å². The van der Waals surface area contributed by atoms with Crippen LogP contribution in [0.3, 0.4) is 0 Å². The van der Waals surface area contributed by atoms with Crippen molar-refractivity contribution in [1.29, 1.82) is 0 Å². The lowest BCUT2D eigenvalue weighted by atomic mass is 10.1. The molecule has 1 amide bonds. The smallest absolute Gasteiger partial charge is 0.244 e. The molecule has 6 heteroatoms. The van der Waals surface area contributed by atoms with Gasteiger partial charge >= 0.3 is 0 Å². The highest BCUT2D eigenvalue weighted by molar-refractivity contribution is 6.31. The molecule has 0 bridgehead atoms. The summed E-state index contributed by atoms with van der Waals surface area (Å²) < 4.78 is 18.6. The molecule has 0 aromatic heterocycles. The predicted molar refractivity (Wildman–Crippen MR) is 98.7 cm³/mol. The number of carbonyl (C=O) groups is 1. The fraction of sp³-hybridized carbons (Fsp3) is 0.316. The highest BCUT2D eigenvalue weighted by Gasteiger charge is 2.19. The number of anilines is 1. The first-order valence-corrected chi connectivity index (χ1v) is 8.29. The lowest BCUT2D eigenvalue weighted by Gasteiger charge is -2.24. The Kier molecular flexibility index (Phi) is 6.26. The van der Waals surface area contributed by atoms with Crippen molar-refractivity contribution in [1.82, 2.24) is 4.90 Å². The van der Waals surface area contributed by atoms with Crippen LogP contribution in [0.5, 0.6) is 5.75 Å². The Bertz CT molecular complexity index is 767. The average molecular weight is 365 g/mol. The minimum atomic E-state index is -0.479. The second-order valence-corrected chi connectivity index (χ2v) is 6.40. The van der Waals surface area contributed by atoms with E-state index in [1.54, 1.807) is 44.2 Å². The first kappa shape index (κ1) is 19.1. The SMILES string of the molecule is COc1cc(Cl)c(C)cc1NC(C)C(=O)N(C)Cc1cccc(F)c1. The Labute approximate surface area is 152 Å². The van der Waals surface area contributed by atoms with E-state index in [1.807, 2.05) is 13.0 Å². The van der Waals surface area contributed by atoms with Crippen molar-refractivity contribution in [3.63, 3.8) is 0 Å². The van der Waals surface area contributed by atoms with Crippen molar-refractivity contribution < 1.29 is 13.9 Å². The van der Waals surface area contributed by atoms with Crippen molar-refractivity contribution in [2.45, 2.75) is 26.4 Å². The van der Waals surface area contributed by atoms with Crippen LogP contribution in [-0.4, -0.2) is 31.0 Å². The van der Waals surface area contributed by atoms with Crippen molar-refractivity contribution >= 4 is 23.2 Å². The van der Waals surface area contributed by atoms with E-state index in [0.29, 0.717) is 23.0 Å². The fourth-order valence-electron chi connectivity index (χ4n) is 2.56. The molecular formula is C19H22ClFN2O2. The summed E-state index contributed by atoms with van der Waals surface area (Å²) in [6.45, 7) is 3.99. The van der Waals surface area contributed by atoms with Crippen molar-refractivity contribution in [2.75, 3.05) is 19.5 Å². The normalized spacial score (nSPS) is 11.8. The Morgan fingerprint density at radius 3 is 2.72 bits per heavy atom. The summed E-state index contributed by atoms with van der Waals surface area (Å²) >= 11 is 6.10. The van der Waals surface area contributed by atoms with E-state index in [1.165, 1.54) is 12.1 Å². The Balaban J connectivity index is 2.08. The van der Waals surface area contributed by atoms with Crippen molar-refractivity contribution in [3.05, 3.63) is 58.4 Å². The molecule has 2 aromatic carbocycles. The molecule has 0 saturated heterocycles. The third-order valence-electron chi connectivity index (χ3n) is 3.91. The first-order chi connectivity index (χ1) is 11.8. The van der Waals surface area contributed by atoms with Gasteiger partial charge in [0.1, 0.15) is 17.6 Å². The topological polar surface area (TPSA) is 41.6 Å². The molecule has 0 aliphatic heterocycles. The van der Waals surface area contributed by atoms with E-state index in [4.69, 9.17) is 16.3 Å². The average Bonchev–Trinajstić information content (AvgIpc) is 2.57. The van der Waals surface area contributed by atoms with Gasteiger partial charge in [0.2, 0.25) is 5.91 Å². The van der Waals surface area contributed by atoms with Crippen LogP contribution in [0.2, 0.25) is 5.02 Å². The maximum atomic E-state index is 13.3. The van der Waals surface area contributed by atoms with Crippen LogP contribution in [0.4, 0.5) is 10.1 Å². The molecule has 0 aliphatic rings. The molecule has 2 aromatic rings. The van der Waals surface area contributed by atoms with E-state index in [-0.39, 0.29) is 11.7 Å². The van der Waals surface area contributed by atoms with Gasteiger partial charge in [-0.3, -0.25) is 4.79 Å². The number of benzene rings is 2. The van der Waals surface area contributed by atoms with E-state index in [9.17, 15) is 9.18 Å². The molecule has 0 fully saturated rings. The number of halogens is 2. The second-order valence-electron chi connectivity index (χ2n) is 5.99. The van der Waals surface area contributed by atoms with Gasteiger partial charge in [-0.2, -0.15) is 0 Å². The third kappa shape index (κ3) is 4.86. The van der Waals surface area contributed by atoms with Gasteiger partial charge < -0.3 is 15.0 Å². The van der Waals surface area contributed by atoms with Gasteiger partial charge in [0.05, 0.1) is 12.8 Å². The molecule has 0 aliphatic carbocycles. The Morgan fingerprint density at radius 1 is 1.36 bits per heavy atom. The number of hydrogen-bond acceptors (Lipinski definition) is 3. The molecule has 0 spiro atoms. The largest absolute Gasteiger partial charge is 0.495 e. The van der Waals surface area contributed by atoms with Crippen molar-refractivity contribution in [2.24, 2.45) is 0 Å². The zero-order chi connectivity index (χ0) is 18.6. The second kappa shape index (κ2) is 8.21. The molecule has 0 saturated carbocycles. The molecule has 1 atom stereocenters. The molecule has 0 radical (unpaired) electrons. The zero-order valence-corrected chi connectivity index (χ0v) is 15.5. The van der Waals surface area contributed by atoms with Crippen LogP contribution >= 0.6 is 11.6 Å². The van der Waals surface area contributed by atoms with Crippen LogP contribution in [0.15, 0.2) is 36.4 Å². The van der Waals surface area contributed by atoms with Crippen LogP contribution in [0, 0.1) is 12.7 Å². The molecule has 0 heterocycles. The number of hydrogen-bond donors (Lipinski definition) is 1. The summed E-state index contributed by atoms with van der Waals surface area (Å²) in [6, 6.07) is 9.30. The minimum Gasteiger partial charge on any atom is -0.495 e. The minimum absolute atomic E-state index is 0.112. The van der Waals surface area contributed by atoms with Gasteiger partial charge in [0.15, 0.2) is 0 Å². The highest BCUT2D eigenvalue weighted by Crippen LogP contribution is 2.31. The Morgan fingerprint density at radius 2 is 2.08 bits per heavy atom. The molecule has 25 heavy (non-hydrogen) atoms. The van der Waals surface area contributed by atoms with Gasteiger partial charge in [-0.15, -0.1) is 0 Å². The highest BCUT2D eigenvalue weighted by atomic mass is 35.5. The zero-order valence-electron chi connectivity index (χ0n) is 14.8. The predicted octanol–water partition coefficient (Wildman–Crippen LogP) is 4.26. The number of methoxy groups -OCH3 is 1. The van der Waals surface area contributed by atoms with Gasteiger partial charge in [0.25, 0.3) is 0 Å². The fourth-order valence-corrected chi connectivity index (χ4v) is 2.71. The van der Waals surface area contributed by atoms with Crippen LogP contribution in [-0.2, 0) is 11.3 Å². The lowest BCUT2D eigenvalue weighted by Crippen LogP contribution is -2.38. The summed E-state index contributed by atoms with van der Waals surface area (Å²) in [5.74, 6) is 0.146.